The Hall–Kier alpha value is -2.82. The number of nitrogens with zero attached hydrogens (tertiary/aromatic N) is 1. The van der Waals surface area contributed by atoms with Gasteiger partial charge in [0.25, 0.3) is 0 Å². The van der Waals surface area contributed by atoms with Gasteiger partial charge in [-0.25, -0.2) is 8.42 Å². The van der Waals surface area contributed by atoms with E-state index in [1.165, 1.54) is 4.90 Å². The standard InChI is InChI=1S/C18H21N3O7S/c22-16(5-11-3-4-29(25,26)9-11)19-20-18(24)12-6-17(23)21(8-12)13-1-2-14-15(7-13)28-10-27-14/h1-2,7,11-12H,3-6,8-10H2,(H,19,22)(H,20,24). The Bertz CT molecular complexity index is 962. The van der Waals surface area contributed by atoms with Crippen LogP contribution >= 0.6 is 0 Å². The summed E-state index contributed by atoms with van der Waals surface area (Å²) in [6.07, 6.45) is 0.509. The Balaban J connectivity index is 1.28. The van der Waals surface area contributed by atoms with E-state index < -0.39 is 27.6 Å². The van der Waals surface area contributed by atoms with Gasteiger partial charge < -0.3 is 14.4 Å². The fourth-order valence-corrected chi connectivity index (χ4v) is 5.63. The van der Waals surface area contributed by atoms with Gasteiger partial charge in [-0.15, -0.1) is 0 Å². The highest BCUT2D eigenvalue weighted by Gasteiger charge is 2.36. The Labute approximate surface area is 167 Å². The zero-order chi connectivity index (χ0) is 20.6. The molecule has 2 N–H and O–H groups in total. The molecular formula is C18H21N3O7S. The van der Waals surface area contributed by atoms with Crippen LogP contribution in [0.4, 0.5) is 5.69 Å². The minimum atomic E-state index is -3.06. The van der Waals surface area contributed by atoms with Gasteiger partial charge >= 0.3 is 0 Å². The van der Waals surface area contributed by atoms with E-state index in [4.69, 9.17) is 9.47 Å². The number of hydrogen-bond donors (Lipinski definition) is 2. The van der Waals surface area contributed by atoms with Gasteiger partial charge in [-0.2, -0.15) is 0 Å². The van der Waals surface area contributed by atoms with Crippen molar-refractivity contribution >= 4 is 33.2 Å². The van der Waals surface area contributed by atoms with Crippen molar-refractivity contribution in [1.82, 2.24) is 10.9 Å². The van der Waals surface area contributed by atoms with E-state index in [0.717, 1.165) is 0 Å². The number of carbonyl (C=O) groups is 3. The summed E-state index contributed by atoms with van der Waals surface area (Å²) in [5.41, 5.74) is 5.27. The largest absolute Gasteiger partial charge is 0.454 e. The molecule has 0 spiro atoms. The van der Waals surface area contributed by atoms with Gasteiger partial charge in [-0.3, -0.25) is 25.2 Å². The fraction of sp³-hybridized carbons (Fsp3) is 0.500. The van der Waals surface area contributed by atoms with Gasteiger partial charge in [0.15, 0.2) is 21.3 Å². The van der Waals surface area contributed by atoms with E-state index in [-0.39, 0.29) is 49.5 Å². The zero-order valence-electron chi connectivity index (χ0n) is 15.5. The first-order valence-electron chi connectivity index (χ1n) is 9.30. The Kier molecular flexibility index (Phi) is 5.07. The Morgan fingerprint density at radius 2 is 1.97 bits per heavy atom. The quantitative estimate of drug-likeness (QED) is 0.638. The third-order valence-electron chi connectivity index (χ3n) is 5.29. The van der Waals surface area contributed by atoms with Crippen molar-refractivity contribution in [1.29, 1.82) is 0 Å². The number of hydrazine groups is 1. The molecule has 2 atom stereocenters. The molecular weight excluding hydrogens is 402 g/mol. The number of anilines is 1. The molecule has 156 valence electrons. The molecule has 3 heterocycles. The van der Waals surface area contributed by atoms with Gasteiger partial charge in [0.05, 0.1) is 17.4 Å². The van der Waals surface area contributed by atoms with Crippen LogP contribution in [0.1, 0.15) is 19.3 Å². The summed E-state index contributed by atoms with van der Waals surface area (Å²) in [5, 5.41) is 0. The second-order valence-electron chi connectivity index (χ2n) is 7.45. The van der Waals surface area contributed by atoms with Crippen molar-refractivity contribution < 1.29 is 32.3 Å². The van der Waals surface area contributed by atoms with Crippen molar-refractivity contribution in [2.45, 2.75) is 19.3 Å². The molecule has 0 radical (unpaired) electrons. The summed E-state index contributed by atoms with van der Waals surface area (Å²) < 4.78 is 33.5. The first-order chi connectivity index (χ1) is 13.8. The summed E-state index contributed by atoms with van der Waals surface area (Å²) in [6, 6.07) is 5.13. The van der Waals surface area contributed by atoms with Crippen molar-refractivity contribution in [3.8, 4) is 11.5 Å². The molecule has 2 saturated heterocycles. The first-order valence-corrected chi connectivity index (χ1v) is 11.1. The molecule has 3 aliphatic rings. The molecule has 3 aliphatic heterocycles. The third kappa shape index (κ3) is 4.29. The predicted octanol–water partition coefficient (Wildman–Crippen LogP) is -0.260. The minimum absolute atomic E-state index is 0.00398. The molecule has 3 amide bonds. The maximum absolute atomic E-state index is 12.4. The van der Waals surface area contributed by atoms with Gasteiger partial charge in [0.2, 0.25) is 24.5 Å². The van der Waals surface area contributed by atoms with E-state index >= 15 is 0 Å². The summed E-state index contributed by atoms with van der Waals surface area (Å²) in [5.74, 6) is -0.714. The van der Waals surface area contributed by atoms with Crippen molar-refractivity contribution in [3.05, 3.63) is 18.2 Å². The van der Waals surface area contributed by atoms with Crippen LogP contribution < -0.4 is 25.2 Å². The molecule has 1 aromatic rings. The normalized spacial score (nSPS) is 24.6. The highest BCUT2D eigenvalue weighted by atomic mass is 32.2. The van der Waals surface area contributed by atoms with Crippen molar-refractivity contribution in [3.63, 3.8) is 0 Å². The van der Waals surface area contributed by atoms with Crippen LogP contribution in [-0.4, -0.2) is 51.0 Å². The fourth-order valence-electron chi connectivity index (χ4n) is 3.77. The highest BCUT2D eigenvalue weighted by Crippen LogP contribution is 2.37. The smallest absolute Gasteiger partial charge is 0.243 e. The van der Waals surface area contributed by atoms with Crippen molar-refractivity contribution in [2.75, 3.05) is 29.7 Å². The molecule has 29 heavy (non-hydrogen) atoms. The molecule has 2 fully saturated rings. The summed E-state index contributed by atoms with van der Waals surface area (Å²) in [4.78, 5) is 38.2. The lowest BCUT2D eigenvalue weighted by atomic mass is 10.1. The summed E-state index contributed by atoms with van der Waals surface area (Å²) in [7, 11) is -3.06. The van der Waals surface area contributed by atoms with E-state index in [1.807, 2.05) is 0 Å². The third-order valence-corrected chi connectivity index (χ3v) is 7.13. The number of amides is 3. The molecule has 1 aromatic carbocycles. The number of ether oxygens (including phenoxy) is 2. The van der Waals surface area contributed by atoms with Crippen LogP contribution in [-0.2, 0) is 24.2 Å². The lowest BCUT2D eigenvalue weighted by Crippen LogP contribution is -2.45. The molecule has 11 heteroatoms. The van der Waals surface area contributed by atoms with Gasteiger partial charge in [0.1, 0.15) is 0 Å². The number of benzene rings is 1. The highest BCUT2D eigenvalue weighted by molar-refractivity contribution is 7.91. The second kappa shape index (κ2) is 7.54. The van der Waals surface area contributed by atoms with E-state index in [9.17, 15) is 22.8 Å². The molecule has 0 aromatic heterocycles. The number of hydrogen-bond acceptors (Lipinski definition) is 7. The van der Waals surface area contributed by atoms with Crippen molar-refractivity contribution in [2.24, 2.45) is 11.8 Å². The van der Waals surface area contributed by atoms with Gasteiger partial charge in [-0.05, 0) is 24.5 Å². The first kappa shape index (κ1) is 19.5. The predicted molar refractivity (Wildman–Crippen MR) is 101 cm³/mol. The maximum atomic E-state index is 12.4. The maximum Gasteiger partial charge on any atom is 0.243 e. The second-order valence-corrected chi connectivity index (χ2v) is 9.68. The average molecular weight is 423 g/mol. The summed E-state index contributed by atoms with van der Waals surface area (Å²) in [6.45, 7) is 0.311. The minimum Gasteiger partial charge on any atom is -0.454 e. The van der Waals surface area contributed by atoms with Gasteiger partial charge in [0, 0.05) is 31.1 Å². The molecule has 10 nitrogen and oxygen atoms in total. The number of sulfone groups is 1. The Morgan fingerprint density at radius 3 is 2.72 bits per heavy atom. The van der Waals surface area contributed by atoms with Crippen LogP contribution in [0, 0.1) is 11.8 Å². The monoisotopic (exact) mass is 423 g/mol. The van der Waals surface area contributed by atoms with Crippen LogP contribution in [0.3, 0.4) is 0 Å². The van der Waals surface area contributed by atoms with Gasteiger partial charge in [-0.1, -0.05) is 0 Å². The number of rotatable bonds is 4. The van der Waals surface area contributed by atoms with Crippen LogP contribution in [0.5, 0.6) is 11.5 Å². The van der Waals surface area contributed by atoms with Crippen LogP contribution in [0.15, 0.2) is 18.2 Å². The van der Waals surface area contributed by atoms with Crippen LogP contribution in [0.2, 0.25) is 0 Å². The average Bonchev–Trinajstić information content (AvgIpc) is 3.37. The van der Waals surface area contributed by atoms with E-state index in [2.05, 4.69) is 10.9 Å². The number of carbonyl (C=O) groups excluding carboxylic acids is 3. The number of fused-ring (bicyclic) bond motifs is 1. The summed E-state index contributed by atoms with van der Waals surface area (Å²) >= 11 is 0. The Morgan fingerprint density at radius 1 is 1.17 bits per heavy atom. The van der Waals surface area contributed by atoms with E-state index in [1.54, 1.807) is 18.2 Å². The SMILES string of the molecule is O=C(CC1CCS(=O)(=O)C1)NNC(=O)C1CC(=O)N(c2ccc3c(c2)OCO3)C1. The lowest BCUT2D eigenvalue weighted by molar-refractivity contribution is -0.131. The molecule has 4 rings (SSSR count). The van der Waals surface area contributed by atoms with E-state index in [0.29, 0.717) is 23.6 Å². The topological polar surface area (TPSA) is 131 Å². The lowest BCUT2D eigenvalue weighted by Gasteiger charge is -2.17. The zero-order valence-corrected chi connectivity index (χ0v) is 16.4. The molecule has 0 saturated carbocycles. The van der Waals surface area contributed by atoms with Crippen LogP contribution in [0.25, 0.3) is 0 Å². The molecule has 0 aliphatic carbocycles. The number of nitrogens with one attached hydrogen (secondary N) is 2. The molecule has 2 unspecified atom stereocenters. The molecule has 0 bridgehead atoms.